The second-order valence-electron chi connectivity index (χ2n) is 9.91. The van der Waals surface area contributed by atoms with E-state index in [4.69, 9.17) is 9.72 Å². The van der Waals surface area contributed by atoms with E-state index < -0.39 is 0 Å². The molecular weight excluding hydrogens is 443 g/mol. The maximum absolute atomic E-state index is 13.9. The fraction of sp³-hybridized carbons (Fsp3) is 0.393. The molecule has 5 rings (SSSR count). The molecule has 1 atom stereocenters. The highest BCUT2D eigenvalue weighted by Crippen LogP contribution is 2.42. The summed E-state index contributed by atoms with van der Waals surface area (Å²) in [7, 11) is 0. The number of H-pyrrole nitrogens is 2. The highest BCUT2D eigenvalue weighted by molar-refractivity contribution is 5.82. The molecule has 1 aliphatic carbocycles. The number of rotatable bonds is 6. The molecule has 7 heteroatoms. The van der Waals surface area contributed by atoms with Gasteiger partial charge in [0.2, 0.25) is 5.56 Å². The van der Waals surface area contributed by atoms with Crippen LogP contribution < -0.4 is 10.3 Å². The first-order valence-corrected chi connectivity index (χ1v) is 12.4. The standard InChI is InChI=1S/C28H31FN4O2/c1-16(2)35-22-11-8-20(9-12-22)28-31-27(32-33-28)17(3)18-4-6-19(7-5-18)23-15-26(34)30-25-13-10-21(29)14-24(23)25/h8-19H,4-7H2,1-3H3,(H,30,34)(H,31,32,33)/t17-,18?,19?/m1/s1. The predicted molar refractivity (Wildman–Crippen MR) is 135 cm³/mol. The van der Waals surface area contributed by atoms with Gasteiger partial charge < -0.3 is 9.72 Å². The topological polar surface area (TPSA) is 83.7 Å². The largest absolute Gasteiger partial charge is 0.491 e. The number of fused-ring (bicyclic) bond motifs is 1. The Kier molecular flexibility index (Phi) is 6.41. The van der Waals surface area contributed by atoms with Crippen molar-refractivity contribution in [1.29, 1.82) is 0 Å². The molecule has 2 heterocycles. The fourth-order valence-corrected chi connectivity index (χ4v) is 5.31. The van der Waals surface area contributed by atoms with Gasteiger partial charge in [-0.2, -0.15) is 5.10 Å². The average Bonchev–Trinajstić information content (AvgIpc) is 3.34. The molecular formula is C28H31FN4O2. The van der Waals surface area contributed by atoms with Gasteiger partial charge in [-0.1, -0.05) is 6.92 Å². The number of benzene rings is 2. The first kappa shape index (κ1) is 23.3. The Morgan fingerprint density at radius 2 is 1.74 bits per heavy atom. The van der Waals surface area contributed by atoms with Crippen molar-refractivity contribution in [3.63, 3.8) is 0 Å². The van der Waals surface area contributed by atoms with Crippen molar-refractivity contribution >= 4 is 10.9 Å². The first-order valence-electron chi connectivity index (χ1n) is 12.4. The zero-order valence-electron chi connectivity index (χ0n) is 20.3. The highest BCUT2D eigenvalue weighted by Gasteiger charge is 2.29. The van der Waals surface area contributed by atoms with E-state index in [2.05, 4.69) is 22.1 Å². The predicted octanol–water partition coefficient (Wildman–Crippen LogP) is 6.32. The molecule has 4 aromatic rings. The number of nitrogens with one attached hydrogen (secondary N) is 2. The molecule has 0 radical (unpaired) electrons. The van der Waals surface area contributed by atoms with Gasteiger partial charge in [0.15, 0.2) is 5.82 Å². The van der Waals surface area contributed by atoms with Gasteiger partial charge in [0, 0.05) is 28.5 Å². The number of aromatic amines is 2. The Labute approximate surface area is 204 Å². The molecule has 0 unspecified atom stereocenters. The normalized spacial score (nSPS) is 19.2. The average molecular weight is 475 g/mol. The number of hydrogen-bond acceptors (Lipinski definition) is 4. The molecule has 1 fully saturated rings. The second kappa shape index (κ2) is 9.64. The fourth-order valence-electron chi connectivity index (χ4n) is 5.31. The van der Waals surface area contributed by atoms with Gasteiger partial charge in [0.1, 0.15) is 17.4 Å². The molecule has 35 heavy (non-hydrogen) atoms. The third kappa shape index (κ3) is 4.99. The van der Waals surface area contributed by atoms with E-state index in [0.717, 1.165) is 53.8 Å². The van der Waals surface area contributed by atoms with Crippen molar-refractivity contribution < 1.29 is 9.13 Å². The van der Waals surface area contributed by atoms with Crippen LogP contribution in [-0.2, 0) is 0 Å². The molecule has 2 aromatic heterocycles. The van der Waals surface area contributed by atoms with Crippen LogP contribution >= 0.6 is 0 Å². The van der Waals surface area contributed by atoms with Crippen LogP contribution in [0, 0.1) is 11.7 Å². The number of hydrogen-bond donors (Lipinski definition) is 2. The van der Waals surface area contributed by atoms with Crippen LogP contribution in [0.4, 0.5) is 4.39 Å². The lowest BCUT2D eigenvalue weighted by Gasteiger charge is -2.32. The molecule has 2 N–H and O–H groups in total. The number of aromatic nitrogens is 4. The minimum absolute atomic E-state index is 0.132. The maximum Gasteiger partial charge on any atom is 0.248 e. The van der Waals surface area contributed by atoms with Crippen molar-refractivity contribution in [2.24, 2.45) is 5.92 Å². The van der Waals surface area contributed by atoms with E-state index in [0.29, 0.717) is 17.3 Å². The summed E-state index contributed by atoms with van der Waals surface area (Å²) < 4.78 is 19.6. The summed E-state index contributed by atoms with van der Waals surface area (Å²) in [5.74, 6) is 3.11. The van der Waals surface area contributed by atoms with Gasteiger partial charge in [0.05, 0.1) is 6.10 Å². The van der Waals surface area contributed by atoms with Gasteiger partial charge in [0.25, 0.3) is 0 Å². The summed E-state index contributed by atoms with van der Waals surface area (Å²) >= 11 is 0. The van der Waals surface area contributed by atoms with Gasteiger partial charge in [-0.25, -0.2) is 9.37 Å². The summed E-state index contributed by atoms with van der Waals surface area (Å²) in [5.41, 5.74) is 2.48. The Morgan fingerprint density at radius 3 is 2.46 bits per heavy atom. The third-order valence-electron chi connectivity index (χ3n) is 7.17. The van der Waals surface area contributed by atoms with Crippen molar-refractivity contribution in [3.8, 4) is 17.1 Å². The second-order valence-corrected chi connectivity index (χ2v) is 9.91. The lowest BCUT2D eigenvalue weighted by molar-refractivity contribution is 0.242. The SMILES string of the molecule is CC(C)Oc1ccc(-c2n[nH]c([C@H](C)C3CCC(c4cc(=O)[nH]c5ccc(F)cc45)CC3)n2)cc1. The molecule has 0 spiro atoms. The molecule has 1 aliphatic rings. The molecule has 6 nitrogen and oxygen atoms in total. The van der Waals surface area contributed by atoms with Crippen LogP contribution in [-0.4, -0.2) is 26.3 Å². The summed E-state index contributed by atoms with van der Waals surface area (Å²) in [5, 5.41) is 8.42. The third-order valence-corrected chi connectivity index (χ3v) is 7.17. The van der Waals surface area contributed by atoms with E-state index in [-0.39, 0.29) is 29.3 Å². The summed E-state index contributed by atoms with van der Waals surface area (Å²) in [6.45, 7) is 6.21. The lowest BCUT2D eigenvalue weighted by Crippen LogP contribution is -2.20. The Morgan fingerprint density at radius 1 is 1.00 bits per heavy atom. The van der Waals surface area contributed by atoms with Crippen LogP contribution in [0.5, 0.6) is 5.75 Å². The molecule has 2 aromatic carbocycles. The van der Waals surface area contributed by atoms with Gasteiger partial charge in [-0.15, -0.1) is 0 Å². The lowest BCUT2D eigenvalue weighted by atomic mass is 9.73. The van der Waals surface area contributed by atoms with Crippen LogP contribution in [0.2, 0.25) is 0 Å². The zero-order valence-corrected chi connectivity index (χ0v) is 20.3. The zero-order chi connectivity index (χ0) is 24.5. The minimum atomic E-state index is -0.281. The van der Waals surface area contributed by atoms with Crippen LogP contribution in [0.3, 0.4) is 0 Å². The molecule has 0 bridgehead atoms. The Bertz CT molecular complexity index is 1370. The monoisotopic (exact) mass is 474 g/mol. The van der Waals surface area contributed by atoms with Gasteiger partial charge in [-0.05, 0) is 99.4 Å². The quantitative estimate of drug-likeness (QED) is 0.343. The Hall–Kier alpha value is -3.48. The molecule has 0 aliphatic heterocycles. The van der Waals surface area contributed by atoms with Crippen molar-refractivity contribution in [2.45, 2.75) is 64.4 Å². The van der Waals surface area contributed by atoms with E-state index in [9.17, 15) is 9.18 Å². The number of halogens is 1. The number of ether oxygens (including phenoxy) is 1. The van der Waals surface area contributed by atoms with E-state index >= 15 is 0 Å². The van der Waals surface area contributed by atoms with E-state index in [1.165, 1.54) is 12.1 Å². The minimum Gasteiger partial charge on any atom is -0.491 e. The molecule has 1 saturated carbocycles. The van der Waals surface area contributed by atoms with Gasteiger partial charge >= 0.3 is 0 Å². The van der Waals surface area contributed by atoms with Crippen molar-refractivity contribution in [3.05, 3.63) is 76.1 Å². The Balaban J connectivity index is 1.27. The number of nitrogens with zero attached hydrogens (tertiary/aromatic N) is 2. The van der Waals surface area contributed by atoms with Crippen molar-refractivity contribution in [1.82, 2.24) is 20.2 Å². The van der Waals surface area contributed by atoms with E-state index in [1.54, 1.807) is 12.1 Å². The molecule has 182 valence electrons. The molecule has 0 amide bonds. The smallest absolute Gasteiger partial charge is 0.248 e. The first-order chi connectivity index (χ1) is 16.9. The molecule has 0 saturated heterocycles. The highest BCUT2D eigenvalue weighted by atomic mass is 19.1. The summed E-state index contributed by atoms with van der Waals surface area (Å²) in [6.07, 6.45) is 4.10. The van der Waals surface area contributed by atoms with E-state index in [1.807, 2.05) is 38.1 Å². The van der Waals surface area contributed by atoms with Crippen molar-refractivity contribution in [2.75, 3.05) is 0 Å². The van der Waals surface area contributed by atoms with Crippen LogP contribution in [0.15, 0.2) is 53.3 Å². The summed E-state index contributed by atoms with van der Waals surface area (Å²) in [6, 6.07) is 14.1. The van der Waals surface area contributed by atoms with Crippen LogP contribution in [0.25, 0.3) is 22.3 Å². The van der Waals surface area contributed by atoms with Gasteiger partial charge in [-0.3, -0.25) is 9.89 Å². The number of pyridine rings is 1. The van der Waals surface area contributed by atoms with Crippen LogP contribution in [0.1, 0.15) is 69.7 Å². The maximum atomic E-state index is 13.9. The summed E-state index contributed by atoms with van der Waals surface area (Å²) in [4.78, 5) is 19.8.